The number of rotatable bonds is 4. The van der Waals surface area contributed by atoms with Crippen LogP contribution in [0.15, 0.2) is 71.8 Å². The van der Waals surface area contributed by atoms with E-state index >= 15 is 0 Å². The predicted octanol–water partition coefficient (Wildman–Crippen LogP) is 9.41. The number of aromatic amines is 2. The Labute approximate surface area is 341 Å². The van der Waals surface area contributed by atoms with E-state index in [-0.39, 0.29) is 5.78 Å². The number of aromatic nitrogens is 4. The van der Waals surface area contributed by atoms with Gasteiger partial charge in [0, 0.05) is 26.8 Å². The highest BCUT2D eigenvalue weighted by atomic mass is 79.9. The summed E-state index contributed by atoms with van der Waals surface area (Å²) in [5, 5.41) is 8.00. The number of allylic oxidation sites excluding steroid dienone is 2. The molecule has 5 heterocycles. The van der Waals surface area contributed by atoms with Gasteiger partial charge < -0.3 is 32.9 Å². The summed E-state index contributed by atoms with van der Waals surface area (Å²) in [4.78, 5) is 39.3. The molecular formula is C39H48BBr2N5O9. The maximum absolute atomic E-state index is 11.7. The zero-order valence-electron chi connectivity index (χ0n) is 33.9. The molecule has 0 atom stereocenters. The summed E-state index contributed by atoms with van der Waals surface area (Å²) in [5.74, 6) is 1.15. The van der Waals surface area contributed by atoms with Gasteiger partial charge in [-0.2, -0.15) is 0 Å². The third kappa shape index (κ3) is 9.91. The minimum Gasteiger partial charge on any atom is -0.407 e. The topological polar surface area (TPSA) is 206 Å². The highest BCUT2D eigenvalue weighted by Gasteiger charge is 2.53. The van der Waals surface area contributed by atoms with E-state index in [4.69, 9.17) is 32.9 Å². The second-order valence-electron chi connectivity index (χ2n) is 15.1. The fraction of sp³-hybridized carbons (Fsp3) is 0.410. The van der Waals surface area contributed by atoms with Crippen LogP contribution in [0.4, 0.5) is 0 Å². The first-order valence-corrected chi connectivity index (χ1v) is 19.4. The number of nitrogens with zero attached hydrogens (tertiary/aromatic N) is 2. The Bertz CT molecular complexity index is 2450. The first-order valence-electron chi connectivity index (χ1n) is 17.8. The summed E-state index contributed by atoms with van der Waals surface area (Å²) in [6.07, 6.45) is 0. The lowest BCUT2D eigenvalue weighted by atomic mass is 9.75. The second kappa shape index (κ2) is 17.4. The third-order valence-corrected chi connectivity index (χ3v) is 9.93. The summed E-state index contributed by atoms with van der Waals surface area (Å²) in [6.45, 7) is 24.8. The molecule has 6 aromatic rings. The molecule has 0 bridgehead atoms. The van der Waals surface area contributed by atoms with Crippen molar-refractivity contribution >= 4 is 67.0 Å². The predicted molar refractivity (Wildman–Crippen MR) is 223 cm³/mol. The molecule has 56 heavy (non-hydrogen) atoms. The van der Waals surface area contributed by atoms with Crippen LogP contribution in [0.5, 0.6) is 0 Å². The molecule has 0 radical (unpaired) electrons. The summed E-state index contributed by atoms with van der Waals surface area (Å²) in [6, 6.07) is 7.40. The van der Waals surface area contributed by atoms with Crippen molar-refractivity contribution in [3.8, 4) is 22.3 Å². The van der Waals surface area contributed by atoms with Gasteiger partial charge in [0.05, 0.1) is 43.7 Å². The van der Waals surface area contributed by atoms with E-state index in [0.717, 1.165) is 48.5 Å². The number of carbonyl (C=O) groups is 1. The van der Waals surface area contributed by atoms with Crippen LogP contribution in [-0.2, 0) is 14.1 Å². The molecule has 17 heteroatoms. The Kier molecular flexibility index (Phi) is 13.7. The van der Waals surface area contributed by atoms with Crippen molar-refractivity contribution in [3.63, 3.8) is 0 Å². The van der Waals surface area contributed by atoms with E-state index in [0.29, 0.717) is 44.9 Å². The number of carbonyl (C=O) groups excluding carboxylic acids is 1. The molecule has 0 unspecified atom stereocenters. The zero-order chi connectivity index (χ0) is 42.0. The van der Waals surface area contributed by atoms with Gasteiger partial charge in [-0.25, -0.2) is 9.59 Å². The van der Waals surface area contributed by atoms with Gasteiger partial charge in [-0.15, -0.1) is 0 Å². The molecule has 14 nitrogen and oxygen atoms in total. The van der Waals surface area contributed by atoms with Crippen LogP contribution in [0.25, 0.3) is 44.5 Å². The Balaban J connectivity index is 0.000000188. The molecule has 1 aliphatic heterocycles. The van der Waals surface area contributed by atoms with Crippen LogP contribution in [0.3, 0.4) is 0 Å². The highest BCUT2D eigenvalue weighted by molar-refractivity contribution is 9.11. The Morgan fingerprint density at radius 1 is 0.768 bits per heavy atom. The van der Waals surface area contributed by atoms with Crippen LogP contribution in [0, 0.1) is 33.6 Å². The summed E-state index contributed by atoms with van der Waals surface area (Å²) >= 11 is 6.58. The van der Waals surface area contributed by atoms with Crippen LogP contribution >= 0.6 is 31.9 Å². The normalized spacial score (nSPS) is 14.8. The van der Waals surface area contributed by atoms with E-state index in [1.54, 1.807) is 13.0 Å². The maximum atomic E-state index is 11.7. The lowest BCUT2D eigenvalue weighted by molar-refractivity contribution is -0.113. The van der Waals surface area contributed by atoms with E-state index in [1.165, 1.54) is 6.92 Å². The van der Waals surface area contributed by atoms with Crippen molar-refractivity contribution in [3.05, 3.63) is 88.4 Å². The van der Waals surface area contributed by atoms with Gasteiger partial charge in [-0.3, -0.25) is 14.8 Å². The van der Waals surface area contributed by atoms with Crippen molar-refractivity contribution in [2.24, 2.45) is 11.7 Å². The van der Waals surface area contributed by atoms with Gasteiger partial charge in [-0.05, 0) is 121 Å². The second-order valence-corrected chi connectivity index (χ2v) is 16.8. The Hall–Kier alpha value is -4.45. The number of H-pyrrole nitrogens is 2. The smallest absolute Gasteiger partial charge is 0.407 e. The number of hydrogen-bond acceptors (Lipinski definition) is 12. The number of hydrogen-bond donors (Lipinski definition) is 3. The number of ketones is 1. The number of nitrogens with two attached hydrogens (primary N) is 1. The quantitative estimate of drug-likeness (QED) is 0.112. The largest absolute Gasteiger partial charge is 0.500 e. The summed E-state index contributed by atoms with van der Waals surface area (Å²) in [7, 11) is -0.660. The van der Waals surface area contributed by atoms with E-state index in [9.17, 15) is 14.4 Å². The van der Waals surface area contributed by atoms with Gasteiger partial charge in [-0.1, -0.05) is 47.0 Å². The van der Waals surface area contributed by atoms with Crippen LogP contribution < -0.4 is 17.2 Å². The van der Waals surface area contributed by atoms with Crippen molar-refractivity contribution in [2.45, 2.75) is 101 Å². The molecule has 7 rings (SSSR count). The maximum Gasteiger partial charge on any atom is 0.500 e. The average molecular weight is 901 g/mol. The van der Waals surface area contributed by atoms with Gasteiger partial charge >= 0.3 is 18.6 Å². The van der Waals surface area contributed by atoms with Gasteiger partial charge in [0.2, 0.25) is 0 Å². The molecule has 4 N–H and O–H groups in total. The molecule has 4 aromatic heterocycles. The zero-order valence-corrected chi connectivity index (χ0v) is 37.0. The monoisotopic (exact) mass is 899 g/mol. The van der Waals surface area contributed by atoms with Crippen LogP contribution in [0.2, 0.25) is 0 Å². The van der Waals surface area contributed by atoms with E-state index in [1.807, 2.05) is 73.6 Å². The summed E-state index contributed by atoms with van der Waals surface area (Å²) in [5.41, 5.74) is 12.8. The first-order chi connectivity index (χ1) is 25.9. The fourth-order valence-corrected chi connectivity index (χ4v) is 7.03. The molecule has 1 fully saturated rings. The van der Waals surface area contributed by atoms with Gasteiger partial charge in [0.15, 0.2) is 16.9 Å². The first kappa shape index (κ1) is 44.3. The van der Waals surface area contributed by atoms with Crippen molar-refractivity contribution in [2.75, 3.05) is 0 Å². The number of benzene rings is 2. The number of oxazole rings is 2. The minimum atomic E-state index is -0.660. The van der Waals surface area contributed by atoms with E-state index in [2.05, 4.69) is 72.9 Å². The van der Waals surface area contributed by atoms with Crippen molar-refractivity contribution in [1.82, 2.24) is 20.3 Å². The molecule has 1 saturated heterocycles. The van der Waals surface area contributed by atoms with Crippen LogP contribution in [-0.4, -0.2) is 44.4 Å². The molecule has 1 aliphatic rings. The number of nitrogens with one attached hydrogen (secondary N) is 2. The molecule has 0 aliphatic carbocycles. The highest BCUT2D eigenvalue weighted by Crippen LogP contribution is 2.40. The average Bonchev–Trinajstić information content (AvgIpc) is 3.83. The molecule has 0 spiro atoms. The SMILES string of the molecule is CC(=O)C(B1OC(C)(C)C(C)(C)O1)=C(C)N.CC(C)C.Cc1noc(C)c1-c1cc(-c2c(C)noc2C)c2oc(=O)[nH]c2c1.O=c1[nH]c2cc(Br)cc(Br)c2o1. The lowest BCUT2D eigenvalue weighted by Gasteiger charge is -2.32. The summed E-state index contributed by atoms with van der Waals surface area (Å²) < 4.78 is 33.9. The third-order valence-electron chi connectivity index (χ3n) is 8.88. The number of aryl methyl sites for hydroxylation is 4. The fourth-order valence-electron chi connectivity index (χ4n) is 5.73. The molecule has 0 amide bonds. The Morgan fingerprint density at radius 3 is 1.68 bits per heavy atom. The van der Waals surface area contributed by atoms with Gasteiger partial charge in [0.25, 0.3) is 0 Å². The standard InChI is InChI=1S/C17H15N3O4.C11H20BNO3.C7H3Br2NO2.C4H10/c1-7-14(9(3)23-19-7)11-5-12(15-8(2)20-24-10(15)4)16-13(6-11)18-17(21)22-16;1-7(13)9(8(2)14)12-15-10(3,4)11(5,6)16-12;8-3-1-4(9)6-5(2-3)10-7(11)12-6;1-4(2)3/h5-6H,1-4H3,(H,18,21);13H2,1-6H3;1-2H,(H,10,11);4H,1-3H3. The van der Waals surface area contributed by atoms with Crippen LogP contribution in [0.1, 0.15) is 85.2 Å². The lowest BCUT2D eigenvalue weighted by Crippen LogP contribution is -2.41. The van der Waals surface area contributed by atoms with Crippen molar-refractivity contribution < 1.29 is 32.0 Å². The molecule has 2 aromatic carbocycles. The number of halogens is 2. The van der Waals surface area contributed by atoms with Gasteiger partial charge in [0.1, 0.15) is 11.5 Å². The number of Topliss-reactive ketones (excluding diaryl/α,β-unsaturated/α-hetero) is 1. The molecule has 0 saturated carbocycles. The van der Waals surface area contributed by atoms with E-state index < -0.39 is 29.8 Å². The molecular weight excluding hydrogens is 853 g/mol. The number of fused-ring (bicyclic) bond motifs is 2. The molecule has 300 valence electrons. The van der Waals surface area contributed by atoms with Crippen molar-refractivity contribution in [1.29, 1.82) is 0 Å². The minimum absolute atomic E-state index is 0.112. The Morgan fingerprint density at radius 2 is 1.23 bits per heavy atom.